The first kappa shape index (κ1) is 17.0. The molecule has 0 bridgehead atoms. The van der Waals surface area contributed by atoms with Gasteiger partial charge in [-0.25, -0.2) is 4.79 Å². The fourth-order valence-electron chi connectivity index (χ4n) is 2.39. The van der Waals surface area contributed by atoms with E-state index in [0.29, 0.717) is 23.7 Å². The summed E-state index contributed by atoms with van der Waals surface area (Å²) < 4.78 is 10.4. The van der Waals surface area contributed by atoms with Crippen molar-refractivity contribution in [3.05, 3.63) is 51.9 Å². The van der Waals surface area contributed by atoms with Gasteiger partial charge in [0.2, 0.25) is 0 Å². The first-order chi connectivity index (χ1) is 12.1. The van der Waals surface area contributed by atoms with Crippen molar-refractivity contribution in [1.29, 1.82) is 0 Å². The van der Waals surface area contributed by atoms with Gasteiger partial charge in [-0.15, -0.1) is 0 Å². The number of hydrogen-bond acceptors (Lipinski definition) is 6. The van der Waals surface area contributed by atoms with E-state index in [-0.39, 0.29) is 11.1 Å². The van der Waals surface area contributed by atoms with Crippen LogP contribution in [-0.4, -0.2) is 23.7 Å². The van der Waals surface area contributed by atoms with Gasteiger partial charge < -0.3 is 9.15 Å². The minimum absolute atomic E-state index is 0.311. The Morgan fingerprint density at radius 2 is 2.28 bits per heavy atom. The van der Waals surface area contributed by atoms with Crippen LogP contribution in [0.15, 0.2) is 39.4 Å². The molecule has 2 aliphatic rings. The second-order valence-electron chi connectivity index (χ2n) is 5.23. The Morgan fingerprint density at radius 3 is 3.00 bits per heavy atom. The highest BCUT2D eigenvalue weighted by Gasteiger charge is 2.25. The molecule has 2 amide bonds. The molecule has 1 aliphatic heterocycles. The molecule has 25 heavy (non-hydrogen) atoms. The fourth-order valence-corrected chi connectivity index (χ4v) is 3.09. The Balaban J connectivity index is 1.90. The van der Waals surface area contributed by atoms with Crippen molar-refractivity contribution in [3.8, 4) is 0 Å². The Kier molecular flexibility index (Phi) is 5.04. The molecule has 0 radical (unpaired) electrons. The molecule has 1 aromatic rings. The predicted octanol–water partition coefficient (Wildman–Crippen LogP) is 3.52. The summed E-state index contributed by atoms with van der Waals surface area (Å²) in [4.78, 5) is 34.8. The van der Waals surface area contributed by atoms with E-state index in [4.69, 9.17) is 9.15 Å². The van der Waals surface area contributed by atoms with Gasteiger partial charge in [0.25, 0.3) is 11.1 Å². The highest BCUT2D eigenvalue weighted by Crippen LogP contribution is 2.30. The molecule has 0 spiro atoms. The summed E-state index contributed by atoms with van der Waals surface area (Å²) in [5.74, 6) is -0.152. The van der Waals surface area contributed by atoms with E-state index >= 15 is 0 Å². The second-order valence-corrected chi connectivity index (χ2v) is 6.25. The molecule has 1 saturated heterocycles. The lowest BCUT2D eigenvalue weighted by Crippen LogP contribution is -2.17. The molecule has 0 aromatic carbocycles. The van der Waals surface area contributed by atoms with Crippen molar-refractivity contribution >= 4 is 47.1 Å². The summed E-state index contributed by atoms with van der Waals surface area (Å²) in [7, 11) is 0. The van der Waals surface area contributed by atoms with Gasteiger partial charge in [-0.1, -0.05) is 6.08 Å². The van der Waals surface area contributed by atoms with E-state index < -0.39 is 5.97 Å². The molecule has 1 N–H and O–H groups in total. The highest BCUT2D eigenvalue weighted by atomic mass is 32.2. The number of rotatable bonds is 4. The van der Waals surface area contributed by atoms with Gasteiger partial charge in [-0.3, -0.25) is 14.9 Å². The summed E-state index contributed by atoms with van der Waals surface area (Å²) in [6, 6.07) is 0. The molecule has 0 atom stereocenters. The molecule has 128 valence electrons. The maximum atomic E-state index is 11.7. The van der Waals surface area contributed by atoms with Crippen LogP contribution in [-0.2, 0) is 14.3 Å². The minimum Gasteiger partial charge on any atom is -0.464 e. The Labute approximate surface area is 148 Å². The lowest BCUT2D eigenvalue weighted by Gasteiger charge is -1.99. The smallest absolute Gasteiger partial charge is 0.330 e. The third kappa shape index (κ3) is 4.00. The van der Waals surface area contributed by atoms with E-state index in [1.54, 1.807) is 25.3 Å². The van der Waals surface area contributed by atoms with Crippen molar-refractivity contribution in [3.63, 3.8) is 0 Å². The van der Waals surface area contributed by atoms with Crippen molar-refractivity contribution in [2.75, 3.05) is 6.61 Å². The maximum Gasteiger partial charge on any atom is 0.330 e. The summed E-state index contributed by atoms with van der Waals surface area (Å²) in [5, 5.41) is 1.86. The number of thioether (sulfide) groups is 1. The zero-order valence-electron chi connectivity index (χ0n) is 13.4. The van der Waals surface area contributed by atoms with Gasteiger partial charge in [0.15, 0.2) is 0 Å². The molecule has 1 aliphatic carbocycles. The van der Waals surface area contributed by atoms with E-state index in [2.05, 4.69) is 5.32 Å². The van der Waals surface area contributed by atoms with E-state index in [1.165, 1.54) is 6.08 Å². The molecule has 0 unspecified atom stereocenters. The number of hydrogen-bond donors (Lipinski definition) is 1. The largest absolute Gasteiger partial charge is 0.464 e. The number of fused-ring (bicyclic) bond motifs is 1. The molecule has 0 saturated carbocycles. The SMILES string of the molecule is CCOC(=O)/C=C/c1coc2c1C=C(/C=C1\SC(=O)NC1=O)CC=C2. The summed E-state index contributed by atoms with van der Waals surface area (Å²) in [5.41, 5.74) is 2.38. The molecule has 1 aromatic heterocycles. The molecular weight excluding hydrogens is 342 g/mol. The zero-order valence-corrected chi connectivity index (χ0v) is 14.2. The third-order valence-electron chi connectivity index (χ3n) is 3.49. The maximum absolute atomic E-state index is 11.7. The van der Waals surface area contributed by atoms with Crippen LogP contribution in [0, 0.1) is 0 Å². The second kappa shape index (κ2) is 7.40. The first-order valence-corrected chi connectivity index (χ1v) is 8.46. The average Bonchev–Trinajstić information content (AvgIpc) is 3.01. The number of amides is 2. The van der Waals surface area contributed by atoms with Crippen molar-refractivity contribution in [1.82, 2.24) is 5.32 Å². The summed E-state index contributed by atoms with van der Waals surface area (Å²) in [6.07, 6.45) is 12.4. The van der Waals surface area contributed by atoms with Gasteiger partial charge in [-0.2, -0.15) is 0 Å². The van der Waals surface area contributed by atoms with E-state index in [1.807, 2.05) is 18.2 Å². The summed E-state index contributed by atoms with van der Waals surface area (Å²) in [6.45, 7) is 2.05. The topological polar surface area (TPSA) is 85.6 Å². The molecule has 3 rings (SSSR count). The van der Waals surface area contributed by atoms with Crippen LogP contribution in [0.3, 0.4) is 0 Å². The van der Waals surface area contributed by atoms with Crippen LogP contribution in [0.2, 0.25) is 0 Å². The first-order valence-electron chi connectivity index (χ1n) is 7.65. The molecular formula is C18H15NO5S. The van der Waals surface area contributed by atoms with Crippen LogP contribution in [0.1, 0.15) is 30.2 Å². The normalized spacial score (nSPS) is 18.3. The van der Waals surface area contributed by atoms with Crippen LogP contribution >= 0.6 is 11.8 Å². The number of furan rings is 1. The van der Waals surface area contributed by atoms with Gasteiger partial charge in [0, 0.05) is 17.2 Å². The van der Waals surface area contributed by atoms with Gasteiger partial charge in [0.05, 0.1) is 17.8 Å². The van der Waals surface area contributed by atoms with Crippen LogP contribution in [0.5, 0.6) is 0 Å². The minimum atomic E-state index is -0.425. The average molecular weight is 357 g/mol. The van der Waals surface area contributed by atoms with E-state index in [0.717, 1.165) is 28.5 Å². The molecule has 1 fully saturated rings. The summed E-state index contributed by atoms with van der Waals surface area (Å²) >= 11 is 0.879. The lowest BCUT2D eigenvalue weighted by atomic mass is 10.1. The molecule has 2 heterocycles. The van der Waals surface area contributed by atoms with Crippen LogP contribution in [0.4, 0.5) is 4.79 Å². The highest BCUT2D eigenvalue weighted by molar-refractivity contribution is 8.18. The molecule has 6 nitrogen and oxygen atoms in total. The molecule has 7 heteroatoms. The number of esters is 1. The zero-order chi connectivity index (χ0) is 17.8. The Morgan fingerprint density at radius 1 is 1.44 bits per heavy atom. The number of carbonyl (C=O) groups is 3. The van der Waals surface area contributed by atoms with Crippen molar-refractivity contribution < 1.29 is 23.5 Å². The van der Waals surface area contributed by atoms with E-state index in [9.17, 15) is 14.4 Å². The van der Waals surface area contributed by atoms with Crippen LogP contribution in [0.25, 0.3) is 18.2 Å². The van der Waals surface area contributed by atoms with Gasteiger partial charge >= 0.3 is 5.97 Å². The number of imide groups is 1. The number of ether oxygens (including phenoxy) is 1. The Bertz CT molecular complexity index is 857. The standard InChI is InChI=1S/C18H15NO5S/c1-2-23-16(20)7-6-12-10-24-14-5-3-4-11(8-13(12)14)9-15-17(21)19-18(22)25-15/h3,5-10H,2,4H2,1H3,(H,19,21,22)/b7-6+,15-9-. The lowest BCUT2D eigenvalue weighted by molar-refractivity contribution is -0.137. The van der Waals surface area contributed by atoms with Crippen molar-refractivity contribution in [2.45, 2.75) is 13.3 Å². The number of allylic oxidation sites excluding steroid dienone is 3. The third-order valence-corrected chi connectivity index (χ3v) is 4.30. The monoisotopic (exact) mass is 357 g/mol. The Hall–Kier alpha value is -2.80. The van der Waals surface area contributed by atoms with Crippen LogP contribution < -0.4 is 5.32 Å². The fraction of sp³-hybridized carbons (Fsp3) is 0.167. The van der Waals surface area contributed by atoms with Gasteiger partial charge in [-0.05, 0) is 55.0 Å². The number of carbonyl (C=O) groups excluding carboxylic acids is 3. The van der Waals surface area contributed by atoms with Crippen molar-refractivity contribution in [2.24, 2.45) is 0 Å². The van der Waals surface area contributed by atoms with Gasteiger partial charge in [0.1, 0.15) is 5.76 Å². The quantitative estimate of drug-likeness (QED) is 0.655. The number of nitrogens with one attached hydrogen (secondary N) is 1. The predicted molar refractivity (Wildman–Crippen MR) is 95.2 cm³/mol.